The zero-order valence-electron chi connectivity index (χ0n) is 14.7. The van der Waals surface area contributed by atoms with Crippen LogP contribution in [0.15, 0.2) is 41.0 Å². The van der Waals surface area contributed by atoms with Gasteiger partial charge in [-0.1, -0.05) is 11.6 Å². The fraction of sp³-hybridized carbons (Fsp3) is 0.105. The zero-order valence-corrected chi connectivity index (χ0v) is 21.9. The number of rotatable bonds is 5. The molecule has 0 radical (unpaired) electrons. The monoisotopic (exact) mass is 749 g/mol. The SMILES string of the molecule is COC(=O)COc1c(I)cc(/C=C2\N=C(c3cc(I)ccc3Cl)OC2=O)cc1I. The van der Waals surface area contributed by atoms with Gasteiger partial charge in [0, 0.05) is 3.57 Å². The molecule has 0 fully saturated rings. The third-order valence-electron chi connectivity index (χ3n) is 3.67. The second kappa shape index (κ2) is 9.92. The molecule has 1 aliphatic rings. The number of halogens is 4. The first kappa shape index (κ1) is 22.7. The molecule has 6 nitrogen and oxygen atoms in total. The lowest BCUT2D eigenvalue weighted by atomic mass is 10.2. The van der Waals surface area contributed by atoms with E-state index in [2.05, 4.69) is 77.5 Å². The van der Waals surface area contributed by atoms with Gasteiger partial charge in [-0.15, -0.1) is 0 Å². The number of ether oxygens (including phenoxy) is 3. The molecule has 0 aliphatic carbocycles. The molecular weight excluding hydrogens is 738 g/mol. The van der Waals surface area contributed by atoms with Crippen LogP contribution in [0.25, 0.3) is 6.08 Å². The van der Waals surface area contributed by atoms with Crippen LogP contribution in [-0.4, -0.2) is 31.6 Å². The van der Waals surface area contributed by atoms with E-state index in [0.29, 0.717) is 16.3 Å². The Kier molecular flexibility index (Phi) is 7.78. The zero-order chi connectivity index (χ0) is 21.1. The van der Waals surface area contributed by atoms with E-state index < -0.39 is 11.9 Å². The van der Waals surface area contributed by atoms with Gasteiger partial charge in [-0.05, 0) is 110 Å². The molecule has 3 rings (SSSR count). The molecule has 0 aromatic heterocycles. The summed E-state index contributed by atoms with van der Waals surface area (Å²) in [5.41, 5.74) is 1.48. The lowest BCUT2D eigenvalue weighted by Crippen LogP contribution is -2.13. The van der Waals surface area contributed by atoms with E-state index in [9.17, 15) is 9.59 Å². The molecule has 0 bridgehead atoms. The summed E-state index contributed by atoms with van der Waals surface area (Å²) in [7, 11) is 1.30. The Hall–Kier alpha value is -0.930. The number of cyclic esters (lactones) is 1. The van der Waals surface area contributed by atoms with E-state index in [4.69, 9.17) is 21.1 Å². The standard InChI is InChI=1S/C19H11ClI3NO5/c1-27-16(25)8-28-17-13(22)4-9(5-14(17)23)6-15-19(26)29-18(24-15)11-7-10(21)2-3-12(11)20/h2-7H,8H2,1H3/b15-6-. The van der Waals surface area contributed by atoms with Crippen LogP contribution in [0, 0.1) is 10.7 Å². The van der Waals surface area contributed by atoms with E-state index >= 15 is 0 Å². The molecule has 0 amide bonds. The molecule has 1 heterocycles. The average molecular weight is 749 g/mol. The van der Waals surface area contributed by atoms with Gasteiger partial charge < -0.3 is 14.2 Å². The van der Waals surface area contributed by atoms with E-state index in [1.165, 1.54) is 7.11 Å². The highest BCUT2D eigenvalue weighted by Gasteiger charge is 2.26. The van der Waals surface area contributed by atoms with Crippen LogP contribution in [0.4, 0.5) is 0 Å². The molecule has 29 heavy (non-hydrogen) atoms. The summed E-state index contributed by atoms with van der Waals surface area (Å²) >= 11 is 12.6. The highest BCUT2D eigenvalue weighted by molar-refractivity contribution is 14.1. The van der Waals surface area contributed by atoms with Crippen LogP contribution in [0.2, 0.25) is 5.02 Å². The Bertz CT molecular complexity index is 1040. The molecule has 0 N–H and O–H groups in total. The normalized spacial score (nSPS) is 14.6. The molecule has 0 saturated carbocycles. The summed E-state index contributed by atoms with van der Waals surface area (Å²) in [6.45, 7) is -0.181. The van der Waals surface area contributed by atoms with E-state index in [0.717, 1.165) is 16.3 Å². The molecule has 2 aromatic rings. The number of aliphatic imine (C=N–C) groups is 1. The minimum absolute atomic E-state index is 0.171. The van der Waals surface area contributed by atoms with Crippen molar-refractivity contribution in [2.24, 2.45) is 4.99 Å². The van der Waals surface area contributed by atoms with E-state index in [-0.39, 0.29) is 18.2 Å². The summed E-state index contributed by atoms with van der Waals surface area (Å²) in [4.78, 5) is 27.9. The molecule has 0 unspecified atom stereocenters. The predicted octanol–water partition coefficient (Wildman–Crippen LogP) is 5.05. The molecule has 0 spiro atoms. The predicted molar refractivity (Wildman–Crippen MR) is 134 cm³/mol. The third-order valence-corrected chi connectivity index (χ3v) is 6.27. The number of carbonyl (C=O) groups excluding carboxylic acids is 2. The van der Waals surface area contributed by atoms with Gasteiger partial charge >= 0.3 is 11.9 Å². The number of esters is 2. The summed E-state index contributed by atoms with van der Waals surface area (Å²) in [6.07, 6.45) is 1.63. The lowest BCUT2D eigenvalue weighted by Gasteiger charge is -2.10. The largest absolute Gasteiger partial charge is 0.480 e. The minimum atomic E-state index is -0.550. The van der Waals surface area contributed by atoms with Crippen molar-refractivity contribution in [3.8, 4) is 5.75 Å². The maximum absolute atomic E-state index is 12.3. The molecule has 150 valence electrons. The Balaban J connectivity index is 1.89. The van der Waals surface area contributed by atoms with Crippen molar-refractivity contribution in [3.05, 3.63) is 62.9 Å². The first-order valence-corrected chi connectivity index (χ1v) is 11.6. The Morgan fingerprint density at radius 2 is 1.90 bits per heavy atom. The third kappa shape index (κ3) is 5.61. The van der Waals surface area contributed by atoms with Crippen LogP contribution in [0.5, 0.6) is 5.75 Å². The van der Waals surface area contributed by atoms with Gasteiger partial charge in [-0.2, -0.15) is 0 Å². The number of benzene rings is 2. The maximum Gasteiger partial charge on any atom is 0.363 e. The van der Waals surface area contributed by atoms with Gasteiger partial charge in [0.2, 0.25) is 5.90 Å². The average Bonchev–Trinajstić information content (AvgIpc) is 3.03. The molecule has 2 aromatic carbocycles. The number of methoxy groups -OCH3 is 1. The van der Waals surface area contributed by atoms with Gasteiger partial charge in [0.1, 0.15) is 5.75 Å². The minimum Gasteiger partial charge on any atom is -0.480 e. The van der Waals surface area contributed by atoms with Gasteiger partial charge in [0.15, 0.2) is 12.3 Å². The Morgan fingerprint density at radius 1 is 1.21 bits per heavy atom. The fourth-order valence-electron chi connectivity index (χ4n) is 2.33. The van der Waals surface area contributed by atoms with Crippen molar-refractivity contribution < 1.29 is 23.8 Å². The number of hydrogen-bond donors (Lipinski definition) is 0. The molecule has 0 saturated heterocycles. The van der Waals surface area contributed by atoms with E-state index in [1.54, 1.807) is 18.2 Å². The van der Waals surface area contributed by atoms with Gasteiger partial charge in [-0.3, -0.25) is 0 Å². The molecule has 10 heteroatoms. The second-order valence-electron chi connectivity index (χ2n) is 5.64. The summed E-state index contributed by atoms with van der Waals surface area (Å²) in [6, 6.07) is 9.03. The molecule has 1 aliphatic heterocycles. The van der Waals surface area contributed by atoms with Crippen LogP contribution in [-0.2, 0) is 19.1 Å². The Morgan fingerprint density at radius 3 is 2.55 bits per heavy atom. The van der Waals surface area contributed by atoms with E-state index in [1.807, 2.05) is 18.2 Å². The number of carbonyl (C=O) groups is 2. The summed E-state index contributed by atoms with van der Waals surface area (Å²) in [5, 5.41) is 0.453. The maximum atomic E-state index is 12.3. The number of nitrogens with zero attached hydrogens (tertiary/aromatic N) is 1. The van der Waals surface area contributed by atoms with Crippen molar-refractivity contribution in [1.82, 2.24) is 0 Å². The second-order valence-corrected chi connectivity index (χ2v) is 9.62. The summed E-state index contributed by atoms with van der Waals surface area (Å²) < 4.78 is 17.9. The van der Waals surface area contributed by atoms with Crippen LogP contribution < -0.4 is 4.74 Å². The van der Waals surface area contributed by atoms with Crippen molar-refractivity contribution in [1.29, 1.82) is 0 Å². The quantitative estimate of drug-likeness (QED) is 0.243. The number of hydrogen-bond acceptors (Lipinski definition) is 6. The first-order valence-electron chi connectivity index (χ1n) is 7.95. The van der Waals surface area contributed by atoms with Crippen LogP contribution >= 0.6 is 79.4 Å². The van der Waals surface area contributed by atoms with Crippen molar-refractivity contribution >= 4 is 103 Å². The molecule has 0 atom stereocenters. The van der Waals surface area contributed by atoms with Crippen molar-refractivity contribution in [2.45, 2.75) is 0 Å². The smallest absolute Gasteiger partial charge is 0.363 e. The topological polar surface area (TPSA) is 74.2 Å². The summed E-state index contributed by atoms with van der Waals surface area (Å²) in [5.74, 6) is -0.270. The Labute approximate surface area is 212 Å². The fourth-order valence-corrected chi connectivity index (χ4v) is 5.15. The highest BCUT2D eigenvalue weighted by Crippen LogP contribution is 2.31. The van der Waals surface area contributed by atoms with Crippen LogP contribution in [0.3, 0.4) is 0 Å². The van der Waals surface area contributed by atoms with Gasteiger partial charge in [0.25, 0.3) is 0 Å². The van der Waals surface area contributed by atoms with Gasteiger partial charge in [0.05, 0.1) is 24.8 Å². The first-order chi connectivity index (χ1) is 13.8. The lowest BCUT2D eigenvalue weighted by molar-refractivity contribution is -0.143. The molecular formula is C19H11ClI3NO5. The van der Waals surface area contributed by atoms with Crippen molar-refractivity contribution in [3.63, 3.8) is 0 Å². The van der Waals surface area contributed by atoms with Crippen LogP contribution in [0.1, 0.15) is 11.1 Å². The highest BCUT2D eigenvalue weighted by atomic mass is 127. The van der Waals surface area contributed by atoms with Crippen molar-refractivity contribution in [2.75, 3.05) is 13.7 Å². The van der Waals surface area contributed by atoms with Gasteiger partial charge in [-0.25, -0.2) is 14.6 Å².